The van der Waals surface area contributed by atoms with Crippen molar-refractivity contribution in [3.8, 4) is 0 Å². The van der Waals surface area contributed by atoms with Crippen molar-refractivity contribution in [2.75, 3.05) is 67.0 Å². The van der Waals surface area contributed by atoms with Crippen LogP contribution in [0.3, 0.4) is 0 Å². The van der Waals surface area contributed by atoms with Gasteiger partial charge in [0.15, 0.2) is 0 Å². The van der Waals surface area contributed by atoms with Gasteiger partial charge in [0.05, 0.1) is 0 Å². The molecule has 0 aromatic rings. The highest BCUT2D eigenvalue weighted by Crippen LogP contribution is 2.38. The minimum Gasteiger partial charge on any atom is -0.309 e. The highest BCUT2D eigenvalue weighted by atomic mass is 15.2. The predicted molar refractivity (Wildman–Crippen MR) is 93.4 cm³/mol. The second-order valence-electron chi connectivity index (χ2n) is 8.63. The van der Waals surface area contributed by atoms with E-state index in [0.717, 1.165) is 5.41 Å². The molecule has 1 aliphatic carbocycles. The first-order chi connectivity index (χ1) is 10.5. The van der Waals surface area contributed by atoms with Crippen molar-refractivity contribution in [3.05, 3.63) is 0 Å². The van der Waals surface area contributed by atoms with Crippen molar-refractivity contribution >= 4 is 0 Å². The van der Waals surface area contributed by atoms with E-state index in [1.54, 1.807) is 0 Å². The molecule has 3 heterocycles. The Bertz CT molecular complexity index is 348. The summed E-state index contributed by atoms with van der Waals surface area (Å²) in [7, 11) is 6.69. The molecule has 4 nitrogen and oxygen atoms in total. The molecule has 0 aromatic heterocycles. The van der Waals surface area contributed by atoms with Crippen molar-refractivity contribution in [1.82, 2.24) is 20.0 Å². The Labute approximate surface area is 137 Å². The van der Waals surface area contributed by atoms with Crippen molar-refractivity contribution in [2.45, 2.75) is 44.1 Å². The van der Waals surface area contributed by atoms with Crippen LogP contribution < -0.4 is 5.32 Å². The van der Waals surface area contributed by atoms with E-state index < -0.39 is 0 Å². The van der Waals surface area contributed by atoms with Crippen LogP contribution in [0.15, 0.2) is 0 Å². The van der Waals surface area contributed by atoms with Gasteiger partial charge in [0.1, 0.15) is 0 Å². The fraction of sp³-hybridized carbons (Fsp3) is 1.00. The quantitative estimate of drug-likeness (QED) is 0.732. The maximum Gasteiger partial charge on any atom is 0.0309 e. The van der Waals surface area contributed by atoms with Gasteiger partial charge in [-0.25, -0.2) is 0 Å². The Hall–Kier alpha value is -0.160. The fourth-order valence-electron chi connectivity index (χ4n) is 5.06. The van der Waals surface area contributed by atoms with E-state index in [-0.39, 0.29) is 0 Å². The first-order valence-corrected chi connectivity index (χ1v) is 9.32. The van der Waals surface area contributed by atoms with E-state index in [1.165, 1.54) is 84.3 Å². The monoisotopic (exact) mass is 308 g/mol. The molecule has 0 aromatic carbocycles. The average Bonchev–Trinajstić information content (AvgIpc) is 2.89. The number of hydrogen-bond acceptors (Lipinski definition) is 4. The summed E-state index contributed by atoms with van der Waals surface area (Å²) in [6.07, 6.45) is 8.51. The van der Waals surface area contributed by atoms with Gasteiger partial charge in [-0.3, -0.25) is 0 Å². The second-order valence-corrected chi connectivity index (χ2v) is 8.63. The minimum atomic E-state index is 0.521. The summed E-state index contributed by atoms with van der Waals surface area (Å²) in [6, 6.07) is 0. The van der Waals surface area contributed by atoms with Crippen molar-refractivity contribution in [1.29, 1.82) is 0 Å². The summed E-state index contributed by atoms with van der Waals surface area (Å²) >= 11 is 0. The smallest absolute Gasteiger partial charge is 0.0309 e. The van der Waals surface area contributed by atoms with E-state index >= 15 is 0 Å². The Morgan fingerprint density at radius 2 is 1.32 bits per heavy atom. The summed E-state index contributed by atoms with van der Waals surface area (Å²) in [5.41, 5.74) is 1.26. The average molecular weight is 309 g/mol. The lowest BCUT2D eigenvalue weighted by atomic mass is 9.72. The van der Waals surface area contributed by atoms with E-state index in [9.17, 15) is 0 Å². The third-order valence-corrected chi connectivity index (χ3v) is 6.39. The zero-order valence-corrected chi connectivity index (χ0v) is 15.0. The van der Waals surface area contributed by atoms with Crippen LogP contribution >= 0.6 is 0 Å². The Balaban J connectivity index is 0.000000131. The molecule has 3 saturated heterocycles. The molecule has 4 aliphatic rings. The van der Waals surface area contributed by atoms with Crippen molar-refractivity contribution in [3.63, 3.8) is 0 Å². The van der Waals surface area contributed by atoms with Gasteiger partial charge in [-0.2, -0.15) is 0 Å². The zero-order chi connectivity index (χ0) is 15.6. The number of nitrogens with zero attached hydrogens (tertiary/aromatic N) is 3. The van der Waals surface area contributed by atoms with Crippen LogP contribution in [0.1, 0.15) is 38.5 Å². The molecule has 0 radical (unpaired) electrons. The Morgan fingerprint density at radius 1 is 0.682 bits per heavy atom. The highest BCUT2D eigenvalue weighted by molar-refractivity contribution is 4.97. The molecule has 4 rings (SSSR count). The number of piperazine rings is 1. The molecule has 4 fully saturated rings. The van der Waals surface area contributed by atoms with Gasteiger partial charge < -0.3 is 20.0 Å². The fourth-order valence-corrected chi connectivity index (χ4v) is 5.06. The zero-order valence-electron chi connectivity index (χ0n) is 15.0. The van der Waals surface area contributed by atoms with Gasteiger partial charge in [-0.15, -0.1) is 0 Å². The van der Waals surface area contributed by atoms with E-state index in [0.29, 0.717) is 5.54 Å². The number of hydrogen-bond donors (Lipinski definition) is 1. The molecule has 0 unspecified atom stereocenters. The molecule has 1 saturated carbocycles. The molecule has 22 heavy (non-hydrogen) atoms. The number of rotatable bonds is 0. The summed E-state index contributed by atoms with van der Waals surface area (Å²) in [6.45, 7) is 9.01. The van der Waals surface area contributed by atoms with Gasteiger partial charge in [0, 0.05) is 38.3 Å². The Morgan fingerprint density at radius 3 is 1.86 bits per heavy atom. The normalized spacial score (nSPS) is 31.8. The Kier molecular flexibility index (Phi) is 5.13. The third kappa shape index (κ3) is 3.84. The van der Waals surface area contributed by atoms with Crippen LogP contribution in [0.4, 0.5) is 0 Å². The summed E-state index contributed by atoms with van der Waals surface area (Å²) in [5.74, 6) is 0. The molecule has 3 aliphatic heterocycles. The van der Waals surface area contributed by atoms with Crippen LogP contribution in [0.2, 0.25) is 0 Å². The lowest BCUT2D eigenvalue weighted by Crippen LogP contribution is -2.58. The largest absolute Gasteiger partial charge is 0.309 e. The molecule has 128 valence electrons. The first kappa shape index (κ1) is 16.7. The molecule has 0 amide bonds. The highest BCUT2D eigenvalue weighted by Gasteiger charge is 2.42. The van der Waals surface area contributed by atoms with Crippen LogP contribution in [0.5, 0.6) is 0 Å². The molecular formula is C18H36N4. The maximum absolute atomic E-state index is 3.68. The van der Waals surface area contributed by atoms with Gasteiger partial charge in [-0.05, 0) is 65.3 Å². The van der Waals surface area contributed by atoms with Crippen LogP contribution in [0.25, 0.3) is 0 Å². The second kappa shape index (κ2) is 6.76. The molecule has 2 spiro atoms. The predicted octanol–water partition coefficient (Wildman–Crippen LogP) is 1.48. The van der Waals surface area contributed by atoms with Gasteiger partial charge >= 0.3 is 0 Å². The van der Waals surface area contributed by atoms with Gasteiger partial charge in [0.25, 0.3) is 0 Å². The molecule has 4 heteroatoms. The summed E-state index contributed by atoms with van der Waals surface area (Å²) < 4.78 is 0. The van der Waals surface area contributed by atoms with Crippen LogP contribution in [-0.4, -0.2) is 87.2 Å². The van der Waals surface area contributed by atoms with E-state index in [2.05, 4.69) is 41.2 Å². The standard InChI is InChI=1S/2C9H18N2/c1-10-5-3-9(4-6-10)7-11(2)8-9;1-11-7-6-10-9(8-11)4-2-3-5-9/h3-8H2,1-2H3;10H,2-8H2,1H3. The van der Waals surface area contributed by atoms with Gasteiger partial charge in [0.2, 0.25) is 0 Å². The topological polar surface area (TPSA) is 21.8 Å². The number of nitrogens with one attached hydrogen (secondary N) is 1. The lowest BCUT2D eigenvalue weighted by Gasteiger charge is -2.52. The van der Waals surface area contributed by atoms with Crippen molar-refractivity contribution in [2.24, 2.45) is 5.41 Å². The molecular weight excluding hydrogens is 272 g/mol. The number of likely N-dealkylation sites (N-methyl/N-ethyl adjacent to an activating group) is 1. The SMILES string of the molecule is CN1CCC2(CC1)CN(C)C2.CN1CCNC2(CCCC2)C1. The third-order valence-electron chi connectivity index (χ3n) is 6.39. The minimum absolute atomic E-state index is 0.521. The number of likely N-dealkylation sites (tertiary alicyclic amines) is 2. The molecule has 0 bridgehead atoms. The van der Waals surface area contributed by atoms with Crippen LogP contribution in [0, 0.1) is 5.41 Å². The van der Waals surface area contributed by atoms with E-state index in [1.807, 2.05) is 0 Å². The van der Waals surface area contributed by atoms with Crippen molar-refractivity contribution < 1.29 is 0 Å². The first-order valence-electron chi connectivity index (χ1n) is 9.32. The summed E-state index contributed by atoms with van der Waals surface area (Å²) in [4.78, 5) is 7.34. The molecule has 1 N–H and O–H groups in total. The van der Waals surface area contributed by atoms with Gasteiger partial charge in [-0.1, -0.05) is 12.8 Å². The summed E-state index contributed by atoms with van der Waals surface area (Å²) in [5, 5.41) is 3.68. The molecule has 0 atom stereocenters. The maximum atomic E-state index is 3.68. The number of piperidine rings is 1. The van der Waals surface area contributed by atoms with E-state index in [4.69, 9.17) is 0 Å². The van der Waals surface area contributed by atoms with Crippen LogP contribution in [-0.2, 0) is 0 Å². The lowest BCUT2D eigenvalue weighted by molar-refractivity contribution is -0.0264.